The quantitative estimate of drug-likeness (QED) is 0.465. The number of rotatable bonds is 5. The summed E-state index contributed by atoms with van der Waals surface area (Å²) in [4.78, 5) is 50.8. The highest BCUT2D eigenvalue weighted by Gasteiger charge is 2.57. The predicted octanol–water partition coefficient (Wildman–Crippen LogP) is 0.635. The SMILES string of the molecule is [B]C1C([B])([B])C(=O)NC(=O)C1([B])N1Cc2cc(CNC(=O)C(F)(F)c3ccc(Cl)cc3)ccc2C1=O. The van der Waals surface area contributed by atoms with E-state index in [-0.39, 0.29) is 23.7 Å². The molecule has 14 heteroatoms. The van der Waals surface area contributed by atoms with Crippen LogP contribution in [0.15, 0.2) is 42.5 Å². The Bertz CT molecular complexity index is 1290. The maximum absolute atomic E-state index is 14.5. The fourth-order valence-corrected chi connectivity index (χ4v) is 4.24. The number of carbonyl (C=O) groups is 4. The molecule has 2 aromatic carbocycles. The molecule has 7 nitrogen and oxygen atoms in total. The Morgan fingerprint density at radius 2 is 1.75 bits per heavy atom. The van der Waals surface area contributed by atoms with Gasteiger partial charge in [-0.1, -0.05) is 41.7 Å². The summed E-state index contributed by atoms with van der Waals surface area (Å²) in [6.07, 6.45) is 0. The van der Waals surface area contributed by atoms with E-state index in [9.17, 15) is 28.0 Å². The lowest BCUT2D eigenvalue weighted by molar-refractivity contribution is -0.147. The summed E-state index contributed by atoms with van der Waals surface area (Å²) >= 11 is 5.71. The highest BCUT2D eigenvalue weighted by atomic mass is 35.5. The van der Waals surface area contributed by atoms with Crippen LogP contribution in [0.1, 0.15) is 27.0 Å². The van der Waals surface area contributed by atoms with Gasteiger partial charge in [-0.2, -0.15) is 8.78 Å². The van der Waals surface area contributed by atoms with Gasteiger partial charge in [-0.15, -0.1) is 0 Å². The second-order valence-corrected chi connectivity index (χ2v) is 9.10. The van der Waals surface area contributed by atoms with E-state index >= 15 is 0 Å². The molecule has 0 aromatic heterocycles. The summed E-state index contributed by atoms with van der Waals surface area (Å²) in [5, 5.41) is 2.12. The van der Waals surface area contributed by atoms with Crippen LogP contribution in [0.3, 0.4) is 0 Å². The zero-order chi connectivity index (χ0) is 26.6. The predicted molar refractivity (Wildman–Crippen MR) is 129 cm³/mol. The minimum absolute atomic E-state index is 0.165. The van der Waals surface area contributed by atoms with Crippen LogP contribution in [-0.4, -0.2) is 65.4 Å². The molecule has 36 heavy (non-hydrogen) atoms. The molecule has 1 saturated heterocycles. The molecular formula is C22H14B4ClF2N3O4. The fourth-order valence-electron chi connectivity index (χ4n) is 4.12. The summed E-state index contributed by atoms with van der Waals surface area (Å²) in [5.41, 5.74) is -1.82. The molecule has 2 aromatic rings. The van der Waals surface area contributed by atoms with Gasteiger partial charge in [0.15, 0.2) is 0 Å². The van der Waals surface area contributed by atoms with E-state index in [4.69, 9.17) is 43.0 Å². The Hall–Kier alpha value is -3.07. The highest BCUT2D eigenvalue weighted by molar-refractivity contribution is 6.58. The van der Waals surface area contributed by atoms with E-state index in [0.717, 1.165) is 17.0 Å². The lowest BCUT2D eigenvalue weighted by Crippen LogP contribution is -2.70. The standard InChI is InChI=1S/C22H14B4ClF2N3O4/c23-16-20(24,25)17(34)31-18(35)21(16,26)32-9-11-7-10(1-6-14(11)15(32)33)8-30-19(36)22(28,29)12-2-4-13(27)5-3-12/h1-7,16H,8-9H2,(H,30,36)(H,31,34,35). The molecule has 0 saturated carbocycles. The summed E-state index contributed by atoms with van der Waals surface area (Å²) in [7, 11) is 23.7. The second-order valence-electron chi connectivity index (χ2n) is 8.67. The maximum Gasteiger partial charge on any atom is 0.349 e. The van der Waals surface area contributed by atoms with Crippen LogP contribution in [0.2, 0.25) is 16.1 Å². The van der Waals surface area contributed by atoms with Gasteiger partial charge in [0, 0.05) is 29.2 Å². The van der Waals surface area contributed by atoms with E-state index in [2.05, 4.69) is 5.32 Å². The van der Waals surface area contributed by atoms with E-state index in [1.165, 1.54) is 30.3 Å². The molecule has 2 unspecified atom stereocenters. The van der Waals surface area contributed by atoms with E-state index < -0.39 is 51.6 Å². The first kappa shape index (κ1) is 26.0. The topological polar surface area (TPSA) is 95.6 Å². The number of piperidine rings is 1. The van der Waals surface area contributed by atoms with Crippen molar-refractivity contribution in [2.24, 2.45) is 0 Å². The molecule has 2 heterocycles. The lowest BCUT2D eigenvalue weighted by atomic mass is 9.35. The van der Waals surface area contributed by atoms with Gasteiger partial charge in [-0.25, -0.2) is 0 Å². The van der Waals surface area contributed by atoms with Gasteiger partial charge in [-0.05, 0) is 34.5 Å². The van der Waals surface area contributed by atoms with Crippen LogP contribution in [0, 0.1) is 0 Å². The van der Waals surface area contributed by atoms with Gasteiger partial charge in [0.1, 0.15) is 7.85 Å². The van der Waals surface area contributed by atoms with Crippen molar-refractivity contribution in [2.75, 3.05) is 0 Å². The Morgan fingerprint density at radius 1 is 1.11 bits per heavy atom. The van der Waals surface area contributed by atoms with Crippen LogP contribution < -0.4 is 10.6 Å². The number of alkyl halides is 2. The third kappa shape index (κ3) is 4.03. The van der Waals surface area contributed by atoms with Gasteiger partial charge >= 0.3 is 5.92 Å². The molecule has 1 fully saturated rings. The first-order valence-corrected chi connectivity index (χ1v) is 10.9. The van der Waals surface area contributed by atoms with E-state index in [0.29, 0.717) is 11.1 Å². The molecule has 174 valence electrons. The number of imide groups is 1. The van der Waals surface area contributed by atoms with Crippen molar-refractivity contribution < 1.29 is 28.0 Å². The highest BCUT2D eigenvalue weighted by Crippen LogP contribution is 2.46. The Morgan fingerprint density at radius 3 is 2.39 bits per heavy atom. The summed E-state index contributed by atoms with van der Waals surface area (Å²) in [5.74, 6) is -9.74. The first-order chi connectivity index (χ1) is 16.7. The van der Waals surface area contributed by atoms with Crippen molar-refractivity contribution in [1.82, 2.24) is 15.5 Å². The van der Waals surface area contributed by atoms with Crippen LogP contribution in [0.4, 0.5) is 8.78 Å². The molecule has 2 N–H and O–H groups in total. The number of halogens is 3. The van der Waals surface area contributed by atoms with Crippen LogP contribution in [0.5, 0.6) is 0 Å². The van der Waals surface area contributed by atoms with Crippen LogP contribution in [-0.2, 0) is 33.4 Å². The van der Waals surface area contributed by atoms with Gasteiger partial charge in [0.2, 0.25) is 11.8 Å². The van der Waals surface area contributed by atoms with Crippen LogP contribution >= 0.6 is 11.6 Å². The lowest BCUT2D eigenvalue weighted by Gasteiger charge is -2.52. The number of nitrogens with zero attached hydrogens (tertiary/aromatic N) is 1. The van der Waals surface area contributed by atoms with E-state index in [1.54, 1.807) is 0 Å². The Kier molecular flexibility index (Phi) is 6.35. The normalized spacial score (nSPS) is 23.2. The number of carbonyl (C=O) groups excluding carboxylic acids is 4. The molecule has 0 aliphatic carbocycles. The van der Waals surface area contributed by atoms with Crippen molar-refractivity contribution >= 4 is 66.6 Å². The molecule has 8 radical (unpaired) electrons. The van der Waals surface area contributed by atoms with Crippen molar-refractivity contribution in [3.8, 4) is 0 Å². The van der Waals surface area contributed by atoms with Crippen molar-refractivity contribution in [1.29, 1.82) is 0 Å². The number of benzene rings is 2. The molecule has 0 bridgehead atoms. The molecule has 4 amide bonds. The molecule has 0 spiro atoms. The molecule has 2 aliphatic heterocycles. The summed E-state index contributed by atoms with van der Waals surface area (Å²) < 4.78 is 29.0. The minimum atomic E-state index is -3.81. The number of amides is 4. The van der Waals surface area contributed by atoms with E-state index in [1.807, 2.05) is 5.32 Å². The zero-order valence-electron chi connectivity index (χ0n) is 18.6. The van der Waals surface area contributed by atoms with Crippen molar-refractivity contribution in [3.05, 3.63) is 69.7 Å². The third-order valence-corrected chi connectivity index (χ3v) is 6.59. The van der Waals surface area contributed by atoms with Crippen molar-refractivity contribution in [2.45, 2.75) is 35.5 Å². The first-order valence-electron chi connectivity index (χ1n) is 10.5. The maximum atomic E-state index is 14.5. The third-order valence-electron chi connectivity index (χ3n) is 6.34. The summed E-state index contributed by atoms with van der Waals surface area (Å²) in [6, 6.07) is 8.94. The van der Waals surface area contributed by atoms with Gasteiger partial charge in [0.05, 0.1) is 29.0 Å². The molecule has 4 rings (SSSR count). The number of nitrogens with one attached hydrogen (secondary N) is 2. The summed E-state index contributed by atoms with van der Waals surface area (Å²) in [6.45, 7) is -0.487. The average Bonchev–Trinajstić information content (AvgIpc) is 3.16. The minimum Gasteiger partial charge on any atom is -0.346 e. The number of fused-ring (bicyclic) bond motifs is 1. The Balaban J connectivity index is 1.51. The monoisotopic (exact) mass is 501 g/mol. The molecular weight excluding hydrogens is 487 g/mol. The largest absolute Gasteiger partial charge is 0.349 e. The smallest absolute Gasteiger partial charge is 0.346 e. The number of hydrogen-bond donors (Lipinski definition) is 2. The average molecular weight is 501 g/mol. The number of hydrogen-bond acceptors (Lipinski definition) is 4. The fraction of sp³-hybridized carbons (Fsp3) is 0.273. The van der Waals surface area contributed by atoms with Gasteiger partial charge in [0.25, 0.3) is 11.8 Å². The molecule has 2 atom stereocenters. The Labute approximate surface area is 215 Å². The van der Waals surface area contributed by atoms with Gasteiger partial charge in [-0.3, -0.25) is 24.5 Å². The van der Waals surface area contributed by atoms with Gasteiger partial charge < -0.3 is 10.2 Å². The molecule has 2 aliphatic rings. The second kappa shape index (κ2) is 8.80. The van der Waals surface area contributed by atoms with Crippen molar-refractivity contribution in [3.63, 3.8) is 0 Å². The zero-order valence-corrected chi connectivity index (χ0v) is 19.3. The van der Waals surface area contributed by atoms with Crippen LogP contribution in [0.25, 0.3) is 0 Å².